The van der Waals surface area contributed by atoms with Crippen molar-refractivity contribution >= 4 is 39.4 Å². The van der Waals surface area contributed by atoms with Gasteiger partial charge in [0.25, 0.3) is 15.9 Å². The molecular weight excluding hydrogens is 478 g/mol. The highest BCUT2D eigenvalue weighted by molar-refractivity contribution is 7.92. The molecule has 0 saturated carbocycles. The molecule has 0 unspecified atom stereocenters. The summed E-state index contributed by atoms with van der Waals surface area (Å²) in [6, 6.07) is 17.7. The number of rotatable bonds is 9. The first-order chi connectivity index (χ1) is 16.2. The molecule has 1 amide bonds. The van der Waals surface area contributed by atoms with Gasteiger partial charge in [-0.15, -0.1) is 0 Å². The van der Waals surface area contributed by atoms with E-state index in [1.807, 2.05) is 6.92 Å². The first-order valence-corrected chi connectivity index (χ1v) is 12.0. The fraction of sp³-hybridized carbons (Fsp3) is 0.167. The molecule has 3 rings (SSSR count). The summed E-state index contributed by atoms with van der Waals surface area (Å²) in [5, 5.41) is 4.38. The lowest BCUT2D eigenvalue weighted by atomic mass is 10.2. The van der Waals surface area contributed by atoms with Crippen molar-refractivity contribution in [3.63, 3.8) is 0 Å². The largest absolute Gasteiger partial charge is 0.493 e. The van der Waals surface area contributed by atoms with E-state index in [1.165, 1.54) is 44.7 Å². The molecule has 0 aromatic heterocycles. The number of hydrazone groups is 1. The van der Waals surface area contributed by atoms with Crippen LogP contribution in [-0.4, -0.2) is 41.3 Å². The SMILES string of the molecule is COc1ccc(/C=N\NC(=O)CN(c2ccc(Cl)cc2)S(=O)(=O)c2ccc(C)cc2)cc1OC. The topological polar surface area (TPSA) is 97.3 Å². The van der Waals surface area contributed by atoms with Gasteiger partial charge in [0.2, 0.25) is 0 Å². The van der Waals surface area contributed by atoms with Crippen LogP contribution in [-0.2, 0) is 14.8 Å². The molecule has 0 fully saturated rings. The summed E-state index contributed by atoms with van der Waals surface area (Å²) in [6.07, 6.45) is 1.42. The molecule has 0 aliphatic heterocycles. The second kappa shape index (κ2) is 11.0. The van der Waals surface area contributed by atoms with Gasteiger partial charge >= 0.3 is 0 Å². The van der Waals surface area contributed by atoms with Crippen LogP contribution in [0.1, 0.15) is 11.1 Å². The lowest BCUT2D eigenvalue weighted by Gasteiger charge is -2.23. The minimum absolute atomic E-state index is 0.0645. The maximum Gasteiger partial charge on any atom is 0.264 e. The van der Waals surface area contributed by atoms with Crippen molar-refractivity contribution in [2.75, 3.05) is 25.1 Å². The third kappa shape index (κ3) is 6.06. The molecule has 34 heavy (non-hydrogen) atoms. The van der Waals surface area contributed by atoms with Crippen LogP contribution in [0.25, 0.3) is 0 Å². The highest BCUT2D eigenvalue weighted by Gasteiger charge is 2.27. The molecule has 1 N–H and O–H groups in total. The quantitative estimate of drug-likeness (QED) is 0.353. The third-order valence-corrected chi connectivity index (χ3v) is 6.86. The zero-order valence-electron chi connectivity index (χ0n) is 18.9. The minimum Gasteiger partial charge on any atom is -0.493 e. The van der Waals surface area contributed by atoms with Crippen molar-refractivity contribution < 1.29 is 22.7 Å². The van der Waals surface area contributed by atoms with Gasteiger partial charge in [-0.05, 0) is 67.1 Å². The first-order valence-electron chi connectivity index (χ1n) is 10.1. The highest BCUT2D eigenvalue weighted by atomic mass is 35.5. The third-order valence-electron chi connectivity index (χ3n) is 4.82. The van der Waals surface area contributed by atoms with Crippen LogP contribution in [0, 0.1) is 6.92 Å². The normalized spacial score (nSPS) is 11.3. The predicted molar refractivity (Wildman–Crippen MR) is 132 cm³/mol. The molecular formula is C24H24ClN3O5S. The number of sulfonamides is 1. The number of hydrogen-bond acceptors (Lipinski definition) is 6. The number of benzene rings is 3. The van der Waals surface area contributed by atoms with E-state index in [0.29, 0.717) is 27.8 Å². The Morgan fingerprint density at radius 3 is 2.26 bits per heavy atom. The number of methoxy groups -OCH3 is 2. The molecule has 0 spiro atoms. The summed E-state index contributed by atoms with van der Waals surface area (Å²) in [7, 11) is -0.981. The van der Waals surface area contributed by atoms with Crippen LogP contribution in [0.2, 0.25) is 5.02 Å². The number of aryl methyl sites for hydroxylation is 1. The number of hydrogen-bond donors (Lipinski definition) is 1. The summed E-state index contributed by atoms with van der Waals surface area (Å²) in [5.41, 5.74) is 4.23. The van der Waals surface area contributed by atoms with Crippen molar-refractivity contribution in [3.8, 4) is 11.5 Å². The minimum atomic E-state index is -4.03. The van der Waals surface area contributed by atoms with Gasteiger partial charge in [-0.25, -0.2) is 13.8 Å². The van der Waals surface area contributed by atoms with Crippen molar-refractivity contribution in [2.45, 2.75) is 11.8 Å². The van der Waals surface area contributed by atoms with E-state index in [0.717, 1.165) is 9.87 Å². The van der Waals surface area contributed by atoms with Crippen LogP contribution < -0.4 is 19.2 Å². The van der Waals surface area contributed by atoms with Crippen molar-refractivity contribution in [3.05, 3.63) is 82.9 Å². The summed E-state index contributed by atoms with van der Waals surface area (Å²) in [5.74, 6) is 0.446. The Morgan fingerprint density at radius 1 is 1.00 bits per heavy atom. The first kappa shape index (κ1) is 25.1. The molecule has 10 heteroatoms. The van der Waals surface area contributed by atoms with Crippen molar-refractivity contribution in [1.29, 1.82) is 0 Å². The molecule has 0 heterocycles. The number of nitrogens with one attached hydrogen (secondary N) is 1. The Kier molecular flexibility index (Phi) is 8.14. The van der Waals surface area contributed by atoms with Crippen LogP contribution in [0.5, 0.6) is 11.5 Å². The van der Waals surface area contributed by atoms with Gasteiger partial charge in [0.05, 0.1) is 31.0 Å². The van der Waals surface area contributed by atoms with E-state index < -0.39 is 22.5 Å². The number of carbonyl (C=O) groups is 1. The highest BCUT2D eigenvalue weighted by Crippen LogP contribution is 2.27. The van der Waals surface area contributed by atoms with Crippen molar-refractivity contribution in [1.82, 2.24) is 5.43 Å². The second-order valence-electron chi connectivity index (χ2n) is 7.21. The summed E-state index contributed by atoms with van der Waals surface area (Å²) in [4.78, 5) is 12.7. The lowest BCUT2D eigenvalue weighted by Crippen LogP contribution is -2.39. The Bertz CT molecular complexity index is 1280. The fourth-order valence-corrected chi connectivity index (χ4v) is 4.58. The number of nitrogens with zero attached hydrogens (tertiary/aromatic N) is 2. The smallest absolute Gasteiger partial charge is 0.264 e. The molecule has 0 aliphatic rings. The molecule has 0 bridgehead atoms. The molecule has 0 aliphatic carbocycles. The molecule has 178 valence electrons. The van der Waals surface area contributed by atoms with E-state index >= 15 is 0 Å². The van der Waals surface area contributed by atoms with Crippen LogP contribution >= 0.6 is 11.6 Å². The van der Waals surface area contributed by atoms with E-state index in [9.17, 15) is 13.2 Å². The molecule has 8 nitrogen and oxygen atoms in total. The molecule has 0 atom stereocenters. The number of anilines is 1. The van der Waals surface area contributed by atoms with Crippen LogP contribution in [0.3, 0.4) is 0 Å². The van der Waals surface area contributed by atoms with Gasteiger partial charge < -0.3 is 9.47 Å². The van der Waals surface area contributed by atoms with Gasteiger partial charge in [-0.1, -0.05) is 29.3 Å². The van der Waals surface area contributed by atoms with Crippen LogP contribution in [0.4, 0.5) is 5.69 Å². The fourth-order valence-electron chi connectivity index (χ4n) is 3.04. The lowest BCUT2D eigenvalue weighted by molar-refractivity contribution is -0.119. The van der Waals surface area contributed by atoms with Gasteiger partial charge in [-0.3, -0.25) is 9.10 Å². The molecule has 0 radical (unpaired) electrons. The van der Waals surface area contributed by atoms with E-state index in [4.69, 9.17) is 21.1 Å². The van der Waals surface area contributed by atoms with Crippen molar-refractivity contribution in [2.24, 2.45) is 5.10 Å². The number of ether oxygens (including phenoxy) is 2. The monoisotopic (exact) mass is 501 g/mol. The maximum absolute atomic E-state index is 13.3. The summed E-state index contributed by atoms with van der Waals surface area (Å²) in [6.45, 7) is 1.37. The van der Waals surface area contributed by atoms with E-state index in [-0.39, 0.29) is 4.90 Å². The average Bonchev–Trinajstić information content (AvgIpc) is 2.83. The maximum atomic E-state index is 13.3. The predicted octanol–water partition coefficient (Wildman–Crippen LogP) is 4.01. The Morgan fingerprint density at radius 2 is 1.65 bits per heavy atom. The Hall–Kier alpha value is -3.56. The average molecular weight is 502 g/mol. The Labute approximate surface area is 203 Å². The van der Waals surface area contributed by atoms with Gasteiger partial charge in [0.15, 0.2) is 11.5 Å². The number of carbonyl (C=O) groups excluding carboxylic acids is 1. The molecule has 3 aromatic carbocycles. The summed E-state index contributed by atoms with van der Waals surface area (Å²) < 4.78 is 38.1. The molecule has 0 saturated heterocycles. The van der Waals surface area contributed by atoms with Gasteiger partial charge in [0.1, 0.15) is 6.54 Å². The van der Waals surface area contributed by atoms with Gasteiger partial charge in [0, 0.05) is 5.02 Å². The van der Waals surface area contributed by atoms with E-state index in [1.54, 1.807) is 42.5 Å². The zero-order chi connectivity index (χ0) is 24.7. The van der Waals surface area contributed by atoms with Crippen LogP contribution in [0.15, 0.2) is 76.7 Å². The zero-order valence-corrected chi connectivity index (χ0v) is 20.4. The summed E-state index contributed by atoms with van der Waals surface area (Å²) >= 11 is 5.95. The number of halogens is 1. The molecule has 3 aromatic rings. The van der Waals surface area contributed by atoms with Gasteiger partial charge in [-0.2, -0.15) is 5.10 Å². The van der Waals surface area contributed by atoms with E-state index in [2.05, 4.69) is 10.5 Å². The Balaban J connectivity index is 1.81. The second-order valence-corrected chi connectivity index (χ2v) is 9.51. The standard InChI is InChI=1S/C24H24ClN3O5S/c1-17-4-11-21(12-5-17)34(30,31)28(20-9-7-19(25)8-10-20)16-24(29)27-26-15-18-6-13-22(32-2)23(14-18)33-3/h4-15H,16H2,1-3H3,(H,27,29)/b26-15-. The number of amides is 1.